The van der Waals surface area contributed by atoms with E-state index in [2.05, 4.69) is 4.52 Å². The van der Waals surface area contributed by atoms with Gasteiger partial charge in [-0.2, -0.15) is 0 Å². The van der Waals surface area contributed by atoms with Gasteiger partial charge in [0.1, 0.15) is 12.4 Å². The first-order valence-electron chi connectivity index (χ1n) is 3.37. The predicted octanol–water partition coefficient (Wildman–Crippen LogP) is -1.59. The van der Waals surface area contributed by atoms with Crippen molar-refractivity contribution in [3.8, 4) is 0 Å². The van der Waals surface area contributed by atoms with E-state index in [0.29, 0.717) is 6.29 Å². The van der Waals surface area contributed by atoms with Crippen LogP contribution in [0.15, 0.2) is 0 Å². The number of phosphoric acid groups is 1. The standard InChI is InChI=1S/C5H11O7P/c6-2-1-4(8)5(3-7)12-13(9,10)11/h2,4-5,7-8H,1,3H2,(H2,9,10,11)/t4-,5+/m0/s1. The SMILES string of the molecule is O=CC[C@H](O)[C@@H](CO)OP(=O)(O)O. The zero-order chi connectivity index (χ0) is 10.5. The van der Waals surface area contributed by atoms with Gasteiger partial charge in [0.2, 0.25) is 0 Å². The van der Waals surface area contributed by atoms with E-state index >= 15 is 0 Å². The first kappa shape index (κ1) is 12.7. The largest absolute Gasteiger partial charge is 0.470 e. The zero-order valence-electron chi connectivity index (χ0n) is 6.61. The van der Waals surface area contributed by atoms with Crippen molar-refractivity contribution in [3.63, 3.8) is 0 Å². The molecule has 0 rings (SSSR count). The van der Waals surface area contributed by atoms with Gasteiger partial charge < -0.3 is 24.8 Å². The Labute approximate surface area is 74.2 Å². The van der Waals surface area contributed by atoms with Gasteiger partial charge in [-0.1, -0.05) is 0 Å². The predicted molar refractivity (Wildman–Crippen MR) is 40.7 cm³/mol. The Bertz CT molecular complexity index is 199. The molecule has 0 heterocycles. The number of phosphoric ester groups is 1. The first-order chi connectivity index (χ1) is 5.90. The molecule has 0 aliphatic rings. The van der Waals surface area contributed by atoms with E-state index in [1.807, 2.05) is 0 Å². The number of rotatable bonds is 6. The maximum atomic E-state index is 10.3. The summed E-state index contributed by atoms with van der Waals surface area (Å²) < 4.78 is 14.3. The number of hydrogen-bond donors (Lipinski definition) is 4. The van der Waals surface area contributed by atoms with Gasteiger partial charge in [0.05, 0.1) is 12.7 Å². The number of aliphatic hydroxyl groups excluding tert-OH is 2. The van der Waals surface area contributed by atoms with E-state index < -0.39 is 26.6 Å². The Morgan fingerprint density at radius 1 is 1.46 bits per heavy atom. The fourth-order valence-corrected chi connectivity index (χ4v) is 1.21. The van der Waals surface area contributed by atoms with Crippen LogP contribution >= 0.6 is 7.82 Å². The molecule has 78 valence electrons. The molecule has 0 spiro atoms. The Morgan fingerprint density at radius 3 is 2.31 bits per heavy atom. The Morgan fingerprint density at radius 2 is 2.00 bits per heavy atom. The Kier molecular flexibility index (Phi) is 5.31. The molecule has 0 unspecified atom stereocenters. The monoisotopic (exact) mass is 214 g/mol. The van der Waals surface area contributed by atoms with Crippen LogP contribution in [-0.2, 0) is 13.9 Å². The average molecular weight is 214 g/mol. The fraction of sp³-hybridized carbons (Fsp3) is 0.800. The van der Waals surface area contributed by atoms with Crippen molar-refractivity contribution in [2.45, 2.75) is 18.6 Å². The van der Waals surface area contributed by atoms with Crippen molar-refractivity contribution >= 4 is 14.1 Å². The summed E-state index contributed by atoms with van der Waals surface area (Å²) >= 11 is 0. The van der Waals surface area contributed by atoms with Crippen LogP contribution in [0.25, 0.3) is 0 Å². The minimum atomic E-state index is -4.75. The summed E-state index contributed by atoms with van der Waals surface area (Å²) in [6.45, 7) is -0.778. The molecule has 0 aromatic carbocycles. The summed E-state index contributed by atoms with van der Waals surface area (Å²) in [5.41, 5.74) is 0. The molecule has 0 aliphatic carbocycles. The van der Waals surface area contributed by atoms with E-state index in [-0.39, 0.29) is 6.42 Å². The van der Waals surface area contributed by atoms with Crippen LogP contribution in [0.5, 0.6) is 0 Å². The van der Waals surface area contributed by atoms with Crippen molar-refractivity contribution < 1.29 is 33.9 Å². The van der Waals surface area contributed by atoms with Crippen LogP contribution in [0.2, 0.25) is 0 Å². The molecular weight excluding hydrogens is 203 g/mol. The Balaban J connectivity index is 4.17. The molecule has 0 aromatic rings. The van der Waals surface area contributed by atoms with Crippen LogP contribution < -0.4 is 0 Å². The van der Waals surface area contributed by atoms with Gasteiger partial charge >= 0.3 is 7.82 Å². The highest BCUT2D eigenvalue weighted by Gasteiger charge is 2.27. The molecule has 0 radical (unpaired) electrons. The van der Waals surface area contributed by atoms with Gasteiger partial charge in [-0.25, -0.2) is 4.57 Å². The first-order valence-corrected chi connectivity index (χ1v) is 4.90. The van der Waals surface area contributed by atoms with Gasteiger partial charge in [0.25, 0.3) is 0 Å². The molecule has 8 heteroatoms. The Hall–Kier alpha value is -0.300. The average Bonchev–Trinajstić information content (AvgIpc) is 1.99. The second-order valence-corrected chi connectivity index (χ2v) is 3.48. The molecule has 4 N–H and O–H groups in total. The number of hydrogen-bond acceptors (Lipinski definition) is 5. The summed E-state index contributed by atoms with van der Waals surface area (Å²) in [5, 5.41) is 17.6. The van der Waals surface area contributed by atoms with Crippen LogP contribution in [0.4, 0.5) is 0 Å². The smallest absolute Gasteiger partial charge is 0.394 e. The molecule has 7 nitrogen and oxygen atoms in total. The summed E-state index contributed by atoms with van der Waals surface area (Å²) in [6, 6.07) is 0. The second kappa shape index (κ2) is 5.43. The van der Waals surface area contributed by atoms with Crippen LogP contribution in [-0.4, -0.2) is 45.1 Å². The van der Waals surface area contributed by atoms with Gasteiger partial charge in [-0.15, -0.1) is 0 Å². The van der Waals surface area contributed by atoms with Crippen LogP contribution in [0.1, 0.15) is 6.42 Å². The highest BCUT2D eigenvalue weighted by atomic mass is 31.2. The van der Waals surface area contributed by atoms with Gasteiger partial charge in [-0.3, -0.25) is 4.52 Å². The number of aliphatic hydroxyl groups is 2. The number of aldehydes is 1. The maximum Gasteiger partial charge on any atom is 0.470 e. The third-order valence-corrected chi connectivity index (χ3v) is 1.76. The lowest BCUT2D eigenvalue weighted by Gasteiger charge is -2.19. The number of carbonyl (C=O) groups is 1. The molecule has 0 amide bonds. The van der Waals surface area contributed by atoms with Gasteiger partial charge in [0.15, 0.2) is 0 Å². The zero-order valence-corrected chi connectivity index (χ0v) is 7.50. The van der Waals surface area contributed by atoms with Crippen LogP contribution in [0, 0.1) is 0 Å². The quantitative estimate of drug-likeness (QED) is 0.310. The number of carbonyl (C=O) groups excluding carboxylic acids is 1. The minimum Gasteiger partial charge on any atom is -0.394 e. The molecule has 2 atom stereocenters. The molecule has 0 saturated carbocycles. The fourth-order valence-electron chi connectivity index (χ4n) is 0.652. The third-order valence-electron chi connectivity index (χ3n) is 1.22. The topological polar surface area (TPSA) is 124 Å². The van der Waals surface area contributed by atoms with E-state index in [1.54, 1.807) is 0 Å². The van der Waals surface area contributed by atoms with Gasteiger partial charge in [0, 0.05) is 6.42 Å². The maximum absolute atomic E-state index is 10.3. The molecule has 13 heavy (non-hydrogen) atoms. The summed E-state index contributed by atoms with van der Waals surface area (Å²) in [7, 11) is -4.75. The van der Waals surface area contributed by atoms with Crippen molar-refractivity contribution in [2.24, 2.45) is 0 Å². The second-order valence-electron chi connectivity index (χ2n) is 2.29. The minimum absolute atomic E-state index is 0.356. The lowest BCUT2D eigenvalue weighted by atomic mass is 10.2. The summed E-state index contributed by atoms with van der Waals surface area (Å²) in [5.74, 6) is 0. The van der Waals surface area contributed by atoms with E-state index in [1.165, 1.54) is 0 Å². The highest BCUT2D eigenvalue weighted by Crippen LogP contribution is 2.38. The van der Waals surface area contributed by atoms with Crippen molar-refractivity contribution in [3.05, 3.63) is 0 Å². The molecule has 0 fully saturated rings. The lowest BCUT2D eigenvalue weighted by molar-refractivity contribution is -0.111. The third kappa shape index (κ3) is 5.87. The van der Waals surface area contributed by atoms with Crippen molar-refractivity contribution in [2.75, 3.05) is 6.61 Å². The molecular formula is C5H11O7P. The van der Waals surface area contributed by atoms with E-state index in [4.69, 9.17) is 20.0 Å². The summed E-state index contributed by atoms with van der Waals surface area (Å²) in [6.07, 6.45) is -2.87. The lowest BCUT2D eigenvalue weighted by Crippen LogP contribution is -2.31. The molecule has 0 bridgehead atoms. The van der Waals surface area contributed by atoms with Crippen molar-refractivity contribution in [1.29, 1.82) is 0 Å². The van der Waals surface area contributed by atoms with Gasteiger partial charge in [-0.05, 0) is 0 Å². The summed E-state index contributed by atoms with van der Waals surface area (Å²) in [4.78, 5) is 26.5. The molecule has 0 aliphatic heterocycles. The van der Waals surface area contributed by atoms with E-state index in [9.17, 15) is 9.36 Å². The highest BCUT2D eigenvalue weighted by molar-refractivity contribution is 7.46. The van der Waals surface area contributed by atoms with Crippen LogP contribution in [0.3, 0.4) is 0 Å². The van der Waals surface area contributed by atoms with Crippen molar-refractivity contribution in [1.82, 2.24) is 0 Å². The molecule has 0 saturated heterocycles. The molecule has 0 aromatic heterocycles. The normalized spacial score (nSPS) is 16.6. The van der Waals surface area contributed by atoms with E-state index in [0.717, 1.165) is 0 Å².